The van der Waals surface area contributed by atoms with E-state index < -0.39 is 0 Å². The van der Waals surface area contributed by atoms with E-state index in [2.05, 4.69) is 72.3 Å². The molecule has 1 aromatic rings. The number of hydrogen-bond donors (Lipinski definition) is 2. The van der Waals surface area contributed by atoms with Crippen LogP contribution in [0.15, 0.2) is 23.3 Å². The molecule has 1 atom stereocenters. The molecule has 6 nitrogen and oxygen atoms in total. The Morgan fingerprint density at radius 2 is 2.21 bits per heavy atom. The van der Waals surface area contributed by atoms with Crippen molar-refractivity contribution >= 4 is 11.8 Å². The van der Waals surface area contributed by atoms with Crippen molar-refractivity contribution in [1.82, 2.24) is 15.6 Å². The van der Waals surface area contributed by atoms with Crippen molar-refractivity contribution in [2.45, 2.75) is 52.8 Å². The maximum atomic E-state index is 5.58. The number of aromatic nitrogens is 1. The van der Waals surface area contributed by atoms with Crippen molar-refractivity contribution in [3.8, 4) is 0 Å². The van der Waals surface area contributed by atoms with Crippen LogP contribution in [0.3, 0.4) is 0 Å². The van der Waals surface area contributed by atoms with E-state index in [0.29, 0.717) is 6.54 Å². The van der Waals surface area contributed by atoms with Gasteiger partial charge >= 0.3 is 0 Å². The first-order valence-electron chi connectivity index (χ1n) is 8.75. The van der Waals surface area contributed by atoms with E-state index in [1.54, 1.807) is 0 Å². The van der Waals surface area contributed by atoms with Gasteiger partial charge in [-0.25, -0.2) is 9.98 Å². The number of aliphatic imine (C=N–C) groups is 1. The van der Waals surface area contributed by atoms with Crippen LogP contribution in [-0.4, -0.2) is 48.8 Å². The molecule has 1 aliphatic rings. The van der Waals surface area contributed by atoms with Crippen LogP contribution in [0.1, 0.15) is 40.2 Å². The smallest absolute Gasteiger partial charge is 0.191 e. The van der Waals surface area contributed by atoms with E-state index >= 15 is 0 Å². The Labute approximate surface area is 145 Å². The number of nitrogens with zero attached hydrogens (tertiary/aromatic N) is 3. The zero-order valence-electron chi connectivity index (χ0n) is 15.6. The summed E-state index contributed by atoms with van der Waals surface area (Å²) < 4.78 is 5.58. The molecule has 134 valence electrons. The van der Waals surface area contributed by atoms with Gasteiger partial charge in [0.2, 0.25) is 0 Å². The number of ether oxygens (including phenoxy) is 1. The quantitative estimate of drug-likeness (QED) is 0.653. The maximum absolute atomic E-state index is 5.58. The molecule has 2 heterocycles. The van der Waals surface area contributed by atoms with Gasteiger partial charge in [0.15, 0.2) is 5.96 Å². The second-order valence-electron chi connectivity index (χ2n) is 7.22. The molecule has 0 saturated carbocycles. The van der Waals surface area contributed by atoms with Gasteiger partial charge in [0, 0.05) is 31.4 Å². The Bertz CT molecular complexity index is 535. The minimum absolute atomic E-state index is 0.0177. The summed E-state index contributed by atoms with van der Waals surface area (Å²) in [5, 5.41) is 6.67. The lowest BCUT2D eigenvalue weighted by atomic mass is 10.1. The summed E-state index contributed by atoms with van der Waals surface area (Å²) in [6.07, 6.45) is 2.18. The molecule has 0 aliphatic carbocycles. The molecule has 1 aromatic heterocycles. The number of nitrogens with one attached hydrogen (secondary N) is 2. The molecule has 2 N–H and O–H groups in total. The standard InChI is InChI=1S/C18H31N5O/c1-6-19-17(22-18(3,4)5)21-12-15-7-8-16(20-11-15)23-9-10-24-14(2)13-23/h7-8,11,14H,6,9-10,12-13H2,1-5H3,(H2,19,21,22). The van der Waals surface area contributed by atoms with Gasteiger partial charge < -0.3 is 20.3 Å². The first-order chi connectivity index (χ1) is 11.4. The predicted octanol–water partition coefficient (Wildman–Crippen LogP) is 2.16. The zero-order valence-corrected chi connectivity index (χ0v) is 15.6. The lowest BCUT2D eigenvalue weighted by Crippen LogP contribution is -2.47. The van der Waals surface area contributed by atoms with Gasteiger partial charge in [0.25, 0.3) is 0 Å². The van der Waals surface area contributed by atoms with Crippen molar-refractivity contribution in [3.05, 3.63) is 23.9 Å². The first kappa shape index (κ1) is 18.5. The zero-order chi connectivity index (χ0) is 17.6. The van der Waals surface area contributed by atoms with Crippen molar-refractivity contribution in [2.75, 3.05) is 31.1 Å². The number of guanidine groups is 1. The Morgan fingerprint density at radius 1 is 1.42 bits per heavy atom. The van der Waals surface area contributed by atoms with Crippen molar-refractivity contribution in [2.24, 2.45) is 4.99 Å². The number of hydrogen-bond acceptors (Lipinski definition) is 4. The molecular weight excluding hydrogens is 302 g/mol. The fourth-order valence-electron chi connectivity index (χ4n) is 2.56. The van der Waals surface area contributed by atoms with Crippen LogP contribution in [0.25, 0.3) is 0 Å². The van der Waals surface area contributed by atoms with Gasteiger partial charge in [0.1, 0.15) is 5.82 Å². The third kappa shape index (κ3) is 6.00. The van der Waals surface area contributed by atoms with Crippen LogP contribution in [0, 0.1) is 0 Å². The lowest BCUT2D eigenvalue weighted by Gasteiger charge is -2.32. The highest BCUT2D eigenvalue weighted by molar-refractivity contribution is 5.80. The predicted molar refractivity (Wildman–Crippen MR) is 99.6 cm³/mol. The summed E-state index contributed by atoms with van der Waals surface area (Å²) in [5.41, 5.74) is 1.09. The number of pyridine rings is 1. The molecule has 0 radical (unpaired) electrons. The fourth-order valence-corrected chi connectivity index (χ4v) is 2.56. The minimum atomic E-state index is -0.0177. The van der Waals surface area contributed by atoms with Gasteiger partial charge in [-0.05, 0) is 46.2 Å². The second kappa shape index (κ2) is 8.33. The number of morpholine rings is 1. The van der Waals surface area contributed by atoms with Gasteiger partial charge in [-0.15, -0.1) is 0 Å². The monoisotopic (exact) mass is 333 g/mol. The van der Waals surface area contributed by atoms with Crippen LogP contribution in [-0.2, 0) is 11.3 Å². The molecule has 1 saturated heterocycles. The topological polar surface area (TPSA) is 61.8 Å². The SMILES string of the molecule is CCNC(=NCc1ccc(N2CCOC(C)C2)nc1)NC(C)(C)C. The summed E-state index contributed by atoms with van der Waals surface area (Å²) in [6, 6.07) is 4.18. The van der Waals surface area contributed by atoms with Crippen molar-refractivity contribution in [1.29, 1.82) is 0 Å². The highest BCUT2D eigenvalue weighted by atomic mass is 16.5. The molecular formula is C18H31N5O. The normalized spacial score (nSPS) is 19.3. The van der Waals surface area contributed by atoms with Crippen LogP contribution in [0.2, 0.25) is 0 Å². The highest BCUT2D eigenvalue weighted by Gasteiger charge is 2.17. The largest absolute Gasteiger partial charge is 0.375 e. The van der Waals surface area contributed by atoms with E-state index in [-0.39, 0.29) is 11.6 Å². The van der Waals surface area contributed by atoms with E-state index in [1.165, 1.54) is 0 Å². The Balaban J connectivity index is 1.98. The second-order valence-corrected chi connectivity index (χ2v) is 7.22. The number of rotatable bonds is 4. The Hall–Kier alpha value is -1.82. The fraction of sp³-hybridized carbons (Fsp3) is 0.667. The number of anilines is 1. The third-order valence-electron chi connectivity index (χ3n) is 3.63. The lowest BCUT2D eigenvalue weighted by molar-refractivity contribution is 0.0529. The molecule has 0 spiro atoms. The molecule has 24 heavy (non-hydrogen) atoms. The average molecular weight is 333 g/mol. The van der Waals surface area contributed by atoms with Crippen molar-refractivity contribution in [3.63, 3.8) is 0 Å². The molecule has 2 rings (SSSR count). The molecule has 0 bridgehead atoms. The van der Waals surface area contributed by atoms with Crippen LogP contribution in [0.4, 0.5) is 5.82 Å². The van der Waals surface area contributed by atoms with Gasteiger partial charge in [0.05, 0.1) is 19.3 Å². The minimum Gasteiger partial charge on any atom is -0.375 e. The summed E-state index contributed by atoms with van der Waals surface area (Å²) in [4.78, 5) is 11.5. The van der Waals surface area contributed by atoms with Crippen molar-refractivity contribution < 1.29 is 4.74 Å². The highest BCUT2D eigenvalue weighted by Crippen LogP contribution is 2.15. The third-order valence-corrected chi connectivity index (χ3v) is 3.63. The molecule has 1 aliphatic heterocycles. The molecule has 1 fully saturated rings. The van der Waals surface area contributed by atoms with Gasteiger partial charge in [-0.1, -0.05) is 6.07 Å². The summed E-state index contributed by atoms with van der Waals surface area (Å²) >= 11 is 0. The van der Waals surface area contributed by atoms with Crippen LogP contribution >= 0.6 is 0 Å². The van der Waals surface area contributed by atoms with E-state index in [1.807, 2.05) is 6.20 Å². The Morgan fingerprint density at radius 3 is 2.79 bits per heavy atom. The van der Waals surface area contributed by atoms with E-state index in [0.717, 1.165) is 43.6 Å². The molecule has 6 heteroatoms. The maximum Gasteiger partial charge on any atom is 0.191 e. The molecule has 0 aromatic carbocycles. The average Bonchev–Trinajstić information content (AvgIpc) is 2.52. The van der Waals surface area contributed by atoms with E-state index in [4.69, 9.17) is 4.74 Å². The van der Waals surface area contributed by atoms with E-state index in [9.17, 15) is 0 Å². The molecule has 1 unspecified atom stereocenters. The summed E-state index contributed by atoms with van der Waals surface area (Å²) in [5.74, 6) is 1.84. The summed E-state index contributed by atoms with van der Waals surface area (Å²) in [6.45, 7) is 14.5. The van der Waals surface area contributed by atoms with Gasteiger partial charge in [-0.3, -0.25) is 0 Å². The van der Waals surface area contributed by atoms with Crippen LogP contribution in [0.5, 0.6) is 0 Å². The molecule has 0 amide bonds. The van der Waals surface area contributed by atoms with Crippen LogP contribution < -0.4 is 15.5 Å². The van der Waals surface area contributed by atoms with Gasteiger partial charge in [-0.2, -0.15) is 0 Å². The Kier molecular flexibility index (Phi) is 6.43. The first-order valence-corrected chi connectivity index (χ1v) is 8.75. The summed E-state index contributed by atoms with van der Waals surface area (Å²) in [7, 11) is 0.